The molecule has 4 nitrogen and oxygen atoms in total. The first-order valence-corrected chi connectivity index (χ1v) is 8.41. The van der Waals surface area contributed by atoms with Crippen molar-refractivity contribution in [1.82, 2.24) is 5.43 Å². The van der Waals surface area contributed by atoms with Gasteiger partial charge in [0.25, 0.3) is 5.91 Å². The molecule has 23 heavy (non-hydrogen) atoms. The molecule has 2 aromatic rings. The van der Waals surface area contributed by atoms with E-state index in [9.17, 15) is 9.90 Å². The average molecular weight is 328 g/mol. The first-order valence-electron chi connectivity index (χ1n) is 7.36. The number of rotatable bonds is 6. The van der Waals surface area contributed by atoms with Gasteiger partial charge in [-0.05, 0) is 31.5 Å². The first kappa shape index (κ1) is 17.1. The smallest absolute Gasteiger partial charge is 0.252 e. The van der Waals surface area contributed by atoms with Crippen LogP contribution in [0.25, 0.3) is 0 Å². The van der Waals surface area contributed by atoms with E-state index in [0.717, 1.165) is 5.75 Å². The lowest BCUT2D eigenvalue weighted by Crippen LogP contribution is -2.27. The highest BCUT2D eigenvalue weighted by Crippen LogP contribution is 2.18. The lowest BCUT2D eigenvalue weighted by Gasteiger charge is -2.10. The van der Waals surface area contributed by atoms with E-state index in [1.54, 1.807) is 36.9 Å². The Hall–Kier alpha value is -2.27. The highest BCUT2D eigenvalue weighted by atomic mass is 32.2. The molecule has 0 bridgehead atoms. The Morgan fingerprint density at radius 3 is 2.52 bits per heavy atom. The summed E-state index contributed by atoms with van der Waals surface area (Å²) in [6, 6.07) is 16.9. The van der Waals surface area contributed by atoms with Gasteiger partial charge in [-0.3, -0.25) is 4.79 Å². The number of carbonyl (C=O) groups is 1. The minimum atomic E-state index is -0.212. The van der Waals surface area contributed by atoms with Crippen molar-refractivity contribution in [3.63, 3.8) is 0 Å². The molecule has 0 aliphatic carbocycles. The number of hydrogen-bond donors (Lipinski definition) is 2. The van der Waals surface area contributed by atoms with Crippen molar-refractivity contribution in [3.8, 4) is 5.75 Å². The highest BCUT2D eigenvalue weighted by Gasteiger charge is 2.13. The van der Waals surface area contributed by atoms with E-state index >= 15 is 0 Å². The van der Waals surface area contributed by atoms with Crippen molar-refractivity contribution in [3.05, 3.63) is 65.7 Å². The van der Waals surface area contributed by atoms with Gasteiger partial charge < -0.3 is 5.11 Å². The Kier molecular flexibility index (Phi) is 6.23. The molecule has 1 atom stereocenters. The second kappa shape index (κ2) is 8.39. The zero-order valence-corrected chi connectivity index (χ0v) is 14.0. The summed E-state index contributed by atoms with van der Waals surface area (Å²) in [7, 11) is 0. The van der Waals surface area contributed by atoms with Gasteiger partial charge >= 0.3 is 0 Å². The van der Waals surface area contributed by atoms with Crippen LogP contribution in [-0.2, 0) is 10.5 Å². The van der Waals surface area contributed by atoms with Crippen LogP contribution in [0.3, 0.4) is 0 Å². The minimum Gasteiger partial charge on any atom is -0.507 e. The molecule has 0 fully saturated rings. The van der Waals surface area contributed by atoms with Crippen LogP contribution < -0.4 is 5.43 Å². The topological polar surface area (TPSA) is 61.7 Å². The number of para-hydroxylation sites is 1. The third-order valence-corrected chi connectivity index (χ3v) is 4.55. The number of phenolic OH excluding ortho intramolecular Hbond substituents is 1. The number of phenols is 1. The van der Waals surface area contributed by atoms with Gasteiger partial charge in [0, 0.05) is 11.3 Å². The summed E-state index contributed by atoms with van der Waals surface area (Å²) in [4.78, 5) is 12.1. The van der Waals surface area contributed by atoms with Crippen LogP contribution in [0.4, 0.5) is 0 Å². The number of benzene rings is 2. The predicted octanol–water partition coefficient (Wildman–Crippen LogP) is 3.55. The van der Waals surface area contributed by atoms with Crippen molar-refractivity contribution < 1.29 is 9.90 Å². The fourth-order valence-corrected chi connectivity index (χ4v) is 2.78. The van der Waals surface area contributed by atoms with E-state index in [-0.39, 0.29) is 16.9 Å². The summed E-state index contributed by atoms with van der Waals surface area (Å²) in [5.74, 6) is 0.771. The number of aromatic hydroxyl groups is 1. The molecule has 2 N–H and O–H groups in total. The molecule has 120 valence electrons. The predicted molar refractivity (Wildman–Crippen MR) is 95.7 cm³/mol. The standard InChI is InChI=1S/C18H20N2O2S/c1-13(16-10-6-7-11-17(16)21)19-20-18(22)14(2)23-12-15-8-4-3-5-9-15/h3-11,14,21H,12H2,1-2H3,(H,20,22)/b19-13-/t14-/m1/s1. The fraction of sp³-hybridized carbons (Fsp3) is 0.222. The Balaban J connectivity index is 1.88. The molecular formula is C18H20N2O2S. The quantitative estimate of drug-likeness (QED) is 0.629. The van der Waals surface area contributed by atoms with Crippen molar-refractivity contribution in [1.29, 1.82) is 0 Å². The van der Waals surface area contributed by atoms with Gasteiger partial charge in [-0.2, -0.15) is 5.10 Å². The van der Waals surface area contributed by atoms with Crippen molar-refractivity contribution in [2.75, 3.05) is 0 Å². The monoisotopic (exact) mass is 328 g/mol. The van der Waals surface area contributed by atoms with Crippen molar-refractivity contribution >= 4 is 23.4 Å². The Labute approximate surface area is 140 Å². The van der Waals surface area contributed by atoms with Gasteiger partial charge in [0.15, 0.2) is 0 Å². The molecule has 0 unspecified atom stereocenters. The number of hydrazone groups is 1. The van der Waals surface area contributed by atoms with Crippen LogP contribution in [0.15, 0.2) is 59.7 Å². The molecule has 0 radical (unpaired) electrons. The third-order valence-electron chi connectivity index (χ3n) is 3.34. The second-order valence-corrected chi connectivity index (χ2v) is 6.46. The zero-order chi connectivity index (χ0) is 16.7. The molecular weight excluding hydrogens is 308 g/mol. The maximum absolute atomic E-state index is 12.1. The molecule has 5 heteroatoms. The van der Waals surface area contributed by atoms with Crippen LogP contribution >= 0.6 is 11.8 Å². The molecule has 0 saturated carbocycles. The molecule has 0 saturated heterocycles. The Bertz CT molecular complexity index is 686. The van der Waals surface area contributed by atoms with Crippen LogP contribution in [0.2, 0.25) is 0 Å². The maximum Gasteiger partial charge on any atom is 0.252 e. The van der Waals surface area contributed by atoms with E-state index in [0.29, 0.717) is 11.3 Å². The highest BCUT2D eigenvalue weighted by molar-refractivity contribution is 7.99. The van der Waals surface area contributed by atoms with E-state index in [2.05, 4.69) is 10.5 Å². The van der Waals surface area contributed by atoms with Gasteiger partial charge in [0.1, 0.15) is 5.75 Å². The summed E-state index contributed by atoms with van der Waals surface area (Å²) >= 11 is 1.56. The SMILES string of the molecule is C/C(=N/NC(=O)[C@@H](C)SCc1ccccc1)c1ccccc1O. The largest absolute Gasteiger partial charge is 0.507 e. The van der Waals surface area contributed by atoms with Crippen molar-refractivity contribution in [2.24, 2.45) is 5.10 Å². The summed E-state index contributed by atoms with van der Waals surface area (Å²) in [5, 5.41) is 13.6. The minimum absolute atomic E-state index is 0.148. The summed E-state index contributed by atoms with van der Waals surface area (Å²) < 4.78 is 0. The van der Waals surface area contributed by atoms with Crippen LogP contribution in [0.1, 0.15) is 25.0 Å². The maximum atomic E-state index is 12.1. The average Bonchev–Trinajstić information content (AvgIpc) is 2.58. The second-order valence-electron chi connectivity index (χ2n) is 5.13. The van der Waals surface area contributed by atoms with Gasteiger partial charge in [-0.15, -0.1) is 11.8 Å². The number of nitrogens with one attached hydrogen (secondary N) is 1. The number of nitrogens with zero attached hydrogens (tertiary/aromatic N) is 1. The van der Waals surface area contributed by atoms with Gasteiger partial charge in [-0.1, -0.05) is 42.5 Å². The normalized spacial score (nSPS) is 12.7. The number of carbonyl (C=O) groups excluding carboxylic acids is 1. The Morgan fingerprint density at radius 2 is 1.83 bits per heavy atom. The van der Waals surface area contributed by atoms with Crippen LogP contribution in [0.5, 0.6) is 5.75 Å². The molecule has 0 heterocycles. The molecule has 1 amide bonds. The van der Waals surface area contributed by atoms with Crippen molar-refractivity contribution in [2.45, 2.75) is 24.9 Å². The van der Waals surface area contributed by atoms with Gasteiger partial charge in [0.05, 0.1) is 11.0 Å². The third kappa shape index (κ3) is 5.14. The van der Waals surface area contributed by atoms with E-state index in [4.69, 9.17) is 0 Å². The van der Waals surface area contributed by atoms with E-state index in [1.165, 1.54) is 5.56 Å². The molecule has 0 spiro atoms. The van der Waals surface area contributed by atoms with Crippen LogP contribution in [0, 0.1) is 0 Å². The molecule has 0 aliphatic rings. The molecule has 0 aromatic heterocycles. The molecule has 2 rings (SSSR count). The fourth-order valence-electron chi connectivity index (χ4n) is 1.94. The first-order chi connectivity index (χ1) is 11.1. The zero-order valence-electron chi connectivity index (χ0n) is 13.2. The molecule has 2 aromatic carbocycles. The summed E-state index contributed by atoms with van der Waals surface area (Å²) in [6.45, 7) is 3.60. The number of amides is 1. The summed E-state index contributed by atoms with van der Waals surface area (Å²) in [6.07, 6.45) is 0. The summed E-state index contributed by atoms with van der Waals surface area (Å²) in [5.41, 5.74) is 4.92. The lowest BCUT2D eigenvalue weighted by molar-refractivity contribution is -0.120. The van der Waals surface area contributed by atoms with Crippen LogP contribution in [-0.4, -0.2) is 22.0 Å². The van der Waals surface area contributed by atoms with Gasteiger partial charge in [0.2, 0.25) is 0 Å². The number of thioether (sulfide) groups is 1. The number of hydrogen-bond acceptors (Lipinski definition) is 4. The van der Waals surface area contributed by atoms with Gasteiger partial charge in [-0.25, -0.2) is 5.43 Å². The lowest BCUT2D eigenvalue weighted by atomic mass is 10.1. The molecule has 0 aliphatic heterocycles. The van der Waals surface area contributed by atoms with E-state index < -0.39 is 0 Å². The Morgan fingerprint density at radius 1 is 1.17 bits per heavy atom. The van der Waals surface area contributed by atoms with E-state index in [1.807, 2.05) is 43.3 Å².